The highest BCUT2D eigenvalue weighted by Crippen LogP contribution is 2.17. The number of para-hydroxylation sites is 1. The van der Waals surface area contributed by atoms with Gasteiger partial charge in [-0.15, -0.1) is 0 Å². The molecule has 0 aliphatic carbocycles. The molecule has 0 saturated carbocycles. The van der Waals surface area contributed by atoms with E-state index in [0.717, 1.165) is 30.8 Å². The van der Waals surface area contributed by atoms with E-state index in [1.807, 2.05) is 36.0 Å². The Bertz CT molecular complexity index is 399. The monoisotopic (exact) mass is 298 g/mol. The molecule has 1 aromatic rings. The lowest BCUT2D eigenvalue weighted by molar-refractivity contribution is 0.269. The maximum atomic E-state index is 5.75. The van der Waals surface area contributed by atoms with Crippen LogP contribution in [0.25, 0.3) is 0 Å². The summed E-state index contributed by atoms with van der Waals surface area (Å²) in [6.07, 6.45) is 3.13. The quantitative estimate of drug-likeness (QED) is 0.560. The largest absolute Gasteiger partial charge is 0.493 e. The molecular formula is C14H22N2OS2. The standard InChI is InChI=1S/C14H22N2OS2/c1-16(9-11-19-2)8-5-10-17-13-7-4-3-6-12(13)14(15)18/h3-4,6-7H,5,8-11H2,1-2H3,(H2,15,18). The summed E-state index contributed by atoms with van der Waals surface area (Å²) in [6, 6.07) is 7.65. The molecule has 3 nitrogen and oxygen atoms in total. The van der Waals surface area contributed by atoms with Crippen LogP contribution in [0, 0.1) is 0 Å². The Morgan fingerprint density at radius 3 is 2.79 bits per heavy atom. The zero-order valence-electron chi connectivity index (χ0n) is 11.6. The second-order valence-corrected chi connectivity index (χ2v) is 5.78. The van der Waals surface area contributed by atoms with Gasteiger partial charge in [0, 0.05) is 18.8 Å². The molecule has 0 spiro atoms. The first-order chi connectivity index (χ1) is 9.15. The molecule has 0 bridgehead atoms. The number of rotatable bonds is 9. The van der Waals surface area contributed by atoms with E-state index in [2.05, 4.69) is 18.2 Å². The van der Waals surface area contributed by atoms with Gasteiger partial charge in [0.05, 0.1) is 12.2 Å². The van der Waals surface area contributed by atoms with E-state index in [1.54, 1.807) is 0 Å². The van der Waals surface area contributed by atoms with Crippen LogP contribution in [-0.4, -0.2) is 48.6 Å². The Hall–Kier alpha value is -0.780. The highest BCUT2D eigenvalue weighted by atomic mass is 32.2. The van der Waals surface area contributed by atoms with Crippen LogP contribution in [0.5, 0.6) is 5.75 Å². The molecule has 1 aromatic carbocycles. The van der Waals surface area contributed by atoms with Gasteiger partial charge in [0.25, 0.3) is 0 Å². The molecule has 19 heavy (non-hydrogen) atoms. The summed E-state index contributed by atoms with van der Waals surface area (Å²) in [7, 11) is 2.14. The molecule has 0 unspecified atom stereocenters. The molecule has 5 heteroatoms. The van der Waals surface area contributed by atoms with Gasteiger partial charge in [0.2, 0.25) is 0 Å². The molecule has 0 aromatic heterocycles. The van der Waals surface area contributed by atoms with Crippen molar-refractivity contribution < 1.29 is 4.74 Å². The minimum Gasteiger partial charge on any atom is -0.493 e. The number of hydrogen-bond acceptors (Lipinski definition) is 4. The van der Waals surface area contributed by atoms with Crippen LogP contribution < -0.4 is 10.5 Å². The van der Waals surface area contributed by atoms with Crippen molar-refractivity contribution in [2.45, 2.75) is 6.42 Å². The van der Waals surface area contributed by atoms with Crippen molar-refractivity contribution >= 4 is 29.0 Å². The predicted molar refractivity (Wildman–Crippen MR) is 88.3 cm³/mol. The average Bonchev–Trinajstić information content (AvgIpc) is 2.41. The Morgan fingerprint density at radius 1 is 1.37 bits per heavy atom. The van der Waals surface area contributed by atoms with Crippen molar-refractivity contribution in [3.8, 4) is 5.75 Å². The summed E-state index contributed by atoms with van der Waals surface area (Å²) in [4.78, 5) is 2.70. The van der Waals surface area contributed by atoms with E-state index in [-0.39, 0.29) is 0 Å². The second kappa shape index (κ2) is 9.18. The minimum atomic E-state index is 0.382. The SMILES string of the molecule is CSCCN(C)CCCOc1ccccc1C(N)=S. The Balaban J connectivity index is 2.31. The summed E-state index contributed by atoms with van der Waals surface area (Å²) in [5.74, 6) is 1.95. The number of thioether (sulfide) groups is 1. The first kappa shape index (κ1) is 16.3. The van der Waals surface area contributed by atoms with Crippen molar-refractivity contribution in [1.29, 1.82) is 0 Å². The van der Waals surface area contributed by atoms with Gasteiger partial charge in [-0.1, -0.05) is 24.4 Å². The molecule has 0 saturated heterocycles. The predicted octanol–water partition coefficient (Wildman–Crippen LogP) is 2.38. The average molecular weight is 298 g/mol. The smallest absolute Gasteiger partial charge is 0.129 e. The van der Waals surface area contributed by atoms with E-state index in [1.165, 1.54) is 5.75 Å². The van der Waals surface area contributed by atoms with E-state index >= 15 is 0 Å². The van der Waals surface area contributed by atoms with Gasteiger partial charge in [-0.05, 0) is 31.9 Å². The van der Waals surface area contributed by atoms with Crippen LogP contribution in [0.15, 0.2) is 24.3 Å². The lowest BCUT2D eigenvalue weighted by Gasteiger charge is -2.16. The molecular weight excluding hydrogens is 276 g/mol. The van der Waals surface area contributed by atoms with Crippen molar-refractivity contribution in [2.75, 3.05) is 38.8 Å². The van der Waals surface area contributed by atoms with E-state index in [4.69, 9.17) is 22.7 Å². The van der Waals surface area contributed by atoms with Gasteiger partial charge in [0.15, 0.2) is 0 Å². The van der Waals surface area contributed by atoms with Crippen molar-refractivity contribution in [3.05, 3.63) is 29.8 Å². The Labute approximate surface area is 125 Å². The fourth-order valence-electron chi connectivity index (χ4n) is 1.67. The molecule has 106 valence electrons. The minimum absolute atomic E-state index is 0.382. The molecule has 0 aliphatic rings. The number of ether oxygens (including phenoxy) is 1. The van der Waals surface area contributed by atoms with Gasteiger partial charge in [-0.25, -0.2) is 0 Å². The fraction of sp³-hybridized carbons (Fsp3) is 0.500. The first-order valence-electron chi connectivity index (χ1n) is 6.34. The Kier molecular flexibility index (Phi) is 7.86. The van der Waals surface area contributed by atoms with Crippen LogP contribution in [0.3, 0.4) is 0 Å². The third-order valence-electron chi connectivity index (χ3n) is 2.77. The lowest BCUT2D eigenvalue weighted by atomic mass is 10.2. The van der Waals surface area contributed by atoms with Crippen molar-refractivity contribution in [2.24, 2.45) is 5.73 Å². The number of benzene rings is 1. The molecule has 0 fully saturated rings. The summed E-state index contributed by atoms with van der Waals surface area (Å²) in [5.41, 5.74) is 6.48. The van der Waals surface area contributed by atoms with Crippen LogP contribution in [0.4, 0.5) is 0 Å². The third kappa shape index (κ3) is 6.27. The molecule has 0 atom stereocenters. The second-order valence-electron chi connectivity index (χ2n) is 4.36. The normalized spacial score (nSPS) is 10.7. The van der Waals surface area contributed by atoms with E-state index in [9.17, 15) is 0 Å². The molecule has 0 radical (unpaired) electrons. The van der Waals surface area contributed by atoms with Gasteiger partial charge >= 0.3 is 0 Å². The zero-order chi connectivity index (χ0) is 14.1. The first-order valence-corrected chi connectivity index (χ1v) is 8.14. The van der Waals surface area contributed by atoms with Crippen LogP contribution in [0.1, 0.15) is 12.0 Å². The third-order valence-corrected chi connectivity index (χ3v) is 3.58. The topological polar surface area (TPSA) is 38.5 Å². The number of nitrogens with zero attached hydrogens (tertiary/aromatic N) is 1. The highest BCUT2D eigenvalue weighted by molar-refractivity contribution is 7.98. The molecule has 0 amide bonds. The summed E-state index contributed by atoms with van der Waals surface area (Å²) < 4.78 is 5.75. The van der Waals surface area contributed by atoms with Crippen LogP contribution in [-0.2, 0) is 0 Å². The van der Waals surface area contributed by atoms with Gasteiger partial charge in [0.1, 0.15) is 10.7 Å². The maximum absolute atomic E-state index is 5.75. The highest BCUT2D eigenvalue weighted by Gasteiger charge is 2.05. The fourth-order valence-corrected chi connectivity index (χ4v) is 2.33. The van der Waals surface area contributed by atoms with Crippen molar-refractivity contribution in [1.82, 2.24) is 4.90 Å². The number of nitrogens with two attached hydrogens (primary N) is 1. The number of hydrogen-bond donors (Lipinski definition) is 1. The van der Waals surface area contributed by atoms with E-state index in [0.29, 0.717) is 11.6 Å². The summed E-state index contributed by atoms with van der Waals surface area (Å²) >= 11 is 6.88. The lowest BCUT2D eigenvalue weighted by Crippen LogP contribution is -2.23. The molecule has 1 rings (SSSR count). The van der Waals surface area contributed by atoms with Gasteiger partial charge in [-0.3, -0.25) is 0 Å². The maximum Gasteiger partial charge on any atom is 0.129 e. The zero-order valence-corrected chi connectivity index (χ0v) is 13.2. The summed E-state index contributed by atoms with van der Waals surface area (Å²) in [6.45, 7) is 2.84. The van der Waals surface area contributed by atoms with Crippen LogP contribution in [0.2, 0.25) is 0 Å². The Morgan fingerprint density at radius 2 is 2.11 bits per heavy atom. The molecule has 0 aliphatic heterocycles. The van der Waals surface area contributed by atoms with Crippen molar-refractivity contribution in [3.63, 3.8) is 0 Å². The van der Waals surface area contributed by atoms with Crippen LogP contribution >= 0.6 is 24.0 Å². The molecule has 0 heterocycles. The number of thiocarbonyl (C=S) groups is 1. The van der Waals surface area contributed by atoms with Gasteiger partial charge < -0.3 is 15.4 Å². The van der Waals surface area contributed by atoms with Gasteiger partial charge in [-0.2, -0.15) is 11.8 Å². The summed E-state index contributed by atoms with van der Waals surface area (Å²) in [5, 5.41) is 0. The van der Waals surface area contributed by atoms with E-state index < -0.39 is 0 Å². The molecule has 2 N–H and O–H groups in total.